The molecule has 98 valence electrons. The largest absolute Gasteiger partial charge is 0.243 e. The molecule has 0 bridgehead atoms. The van der Waals surface area contributed by atoms with Gasteiger partial charge < -0.3 is 0 Å². The summed E-state index contributed by atoms with van der Waals surface area (Å²) < 4.78 is 26.2. The van der Waals surface area contributed by atoms with E-state index in [4.69, 9.17) is 5.26 Å². The third kappa shape index (κ3) is 3.31. The Labute approximate surface area is 109 Å². The third-order valence-corrected chi connectivity index (χ3v) is 4.68. The predicted molar refractivity (Wildman–Crippen MR) is 70.5 cm³/mol. The Hall–Kier alpha value is -1.38. The molecule has 0 radical (unpaired) electrons. The Bertz CT molecular complexity index is 532. The summed E-state index contributed by atoms with van der Waals surface area (Å²) >= 11 is 0. The summed E-state index contributed by atoms with van der Waals surface area (Å²) in [5.41, 5.74) is 0.364. The van der Waals surface area contributed by atoms with Crippen LogP contribution >= 0.6 is 0 Å². The predicted octanol–water partition coefficient (Wildman–Crippen LogP) is 2.37. The molecule has 0 saturated heterocycles. The summed E-state index contributed by atoms with van der Waals surface area (Å²) in [4.78, 5) is 0.194. The fraction of sp³-hybridized carbons (Fsp3) is 0.462. The number of hydrogen-bond donors (Lipinski definition) is 0. The van der Waals surface area contributed by atoms with Gasteiger partial charge in [-0.15, -0.1) is 0 Å². The molecule has 0 unspecified atom stereocenters. The van der Waals surface area contributed by atoms with Crippen molar-refractivity contribution < 1.29 is 8.42 Å². The van der Waals surface area contributed by atoms with Gasteiger partial charge in [-0.05, 0) is 24.6 Å². The molecule has 0 spiro atoms. The Morgan fingerprint density at radius 2 is 2.06 bits per heavy atom. The van der Waals surface area contributed by atoms with E-state index in [9.17, 15) is 8.42 Å². The van der Waals surface area contributed by atoms with E-state index >= 15 is 0 Å². The molecule has 0 atom stereocenters. The van der Waals surface area contributed by atoms with Crippen molar-refractivity contribution in [2.45, 2.75) is 31.6 Å². The minimum atomic E-state index is -3.47. The molecule has 0 aliphatic carbocycles. The minimum Gasteiger partial charge on any atom is -0.207 e. The first-order valence-electron chi connectivity index (χ1n) is 6.06. The van der Waals surface area contributed by atoms with Gasteiger partial charge in [-0.2, -0.15) is 9.57 Å². The molecule has 0 fully saturated rings. The van der Waals surface area contributed by atoms with Crippen LogP contribution in [0.2, 0.25) is 0 Å². The summed E-state index contributed by atoms with van der Waals surface area (Å²) in [7, 11) is -3.47. The van der Waals surface area contributed by atoms with Crippen LogP contribution in [0.25, 0.3) is 0 Å². The zero-order valence-electron chi connectivity index (χ0n) is 10.8. The number of hydrogen-bond acceptors (Lipinski definition) is 3. The maximum atomic E-state index is 12.4. The van der Waals surface area contributed by atoms with Crippen molar-refractivity contribution in [2.75, 3.05) is 13.1 Å². The highest BCUT2D eigenvalue weighted by Gasteiger charge is 2.22. The SMILES string of the molecule is CCCCN(CC)S(=O)(=O)c1cccc(C#N)c1. The van der Waals surface area contributed by atoms with Crippen molar-refractivity contribution in [3.05, 3.63) is 29.8 Å². The molecule has 5 heteroatoms. The molecule has 1 aromatic carbocycles. The molecular formula is C13H18N2O2S. The first kappa shape index (κ1) is 14.7. The molecule has 4 nitrogen and oxygen atoms in total. The molecule has 0 N–H and O–H groups in total. The van der Waals surface area contributed by atoms with Crippen molar-refractivity contribution in [1.29, 1.82) is 5.26 Å². The zero-order chi connectivity index (χ0) is 13.6. The maximum Gasteiger partial charge on any atom is 0.243 e. The molecule has 1 rings (SSSR count). The second kappa shape index (κ2) is 6.53. The van der Waals surface area contributed by atoms with Crippen LogP contribution < -0.4 is 0 Å². The summed E-state index contributed by atoms with van der Waals surface area (Å²) in [6.07, 6.45) is 1.79. The van der Waals surface area contributed by atoms with Gasteiger partial charge in [0.25, 0.3) is 0 Å². The molecule has 18 heavy (non-hydrogen) atoms. The lowest BCUT2D eigenvalue weighted by Crippen LogP contribution is -2.31. The van der Waals surface area contributed by atoms with Gasteiger partial charge in [0.1, 0.15) is 0 Å². The molecule has 0 amide bonds. The quantitative estimate of drug-likeness (QED) is 0.794. The van der Waals surface area contributed by atoms with Gasteiger partial charge >= 0.3 is 0 Å². The minimum absolute atomic E-state index is 0.194. The number of benzene rings is 1. The smallest absolute Gasteiger partial charge is 0.207 e. The van der Waals surface area contributed by atoms with Gasteiger partial charge in [0.2, 0.25) is 10.0 Å². The summed E-state index contributed by atoms with van der Waals surface area (Å²) in [6, 6.07) is 8.10. The molecular weight excluding hydrogens is 248 g/mol. The average molecular weight is 266 g/mol. The highest BCUT2D eigenvalue weighted by Crippen LogP contribution is 2.17. The second-order valence-corrected chi connectivity index (χ2v) is 5.93. The number of nitrogens with zero attached hydrogens (tertiary/aromatic N) is 2. The molecule has 0 heterocycles. The summed E-state index contributed by atoms with van der Waals surface area (Å²) in [6.45, 7) is 4.81. The second-order valence-electron chi connectivity index (χ2n) is 3.99. The van der Waals surface area contributed by atoms with Crippen LogP contribution in [0.1, 0.15) is 32.3 Å². The highest BCUT2D eigenvalue weighted by molar-refractivity contribution is 7.89. The monoisotopic (exact) mass is 266 g/mol. The van der Waals surface area contributed by atoms with Gasteiger partial charge in [-0.3, -0.25) is 0 Å². The van der Waals surface area contributed by atoms with Gasteiger partial charge in [-0.25, -0.2) is 8.42 Å². The Morgan fingerprint density at radius 1 is 1.33 bits per heavy atom. The molecule has 0 saturated carbocycles. The standard InChI is InChI=1S/C13H18N2O2S/c1-3-5-9-15(4-2)18(16,17)13-8-6-7-12(10-13)11-14/h6-8,10H,3-5,9H2,1-2H3. The lowest BCUT2D eigenvalue weighted by molar-refractivity contribution is 0.419. The van der Waals surface area contributed by atoms with E-state index < -0.39 is 10.0 Å². The fourth-order valence-electron chi connectivity index (χ4n) is 1.66. The Morgan fingerprint density at radius 3 is 2.61 bits per heavy atom. The third-order valence-electron chi connectivity index (χ3n) is 2.71. The summed E-state index contributed by atoms with van der Waals surface area (Å²) in [5.74, 6) is 0. The first-order valence-corrected chi connectivity index (χ1v) is 7.50. The number of rotatable bonds is 6. The Balaban J connectivity index is 3.07. The first-order chi connectivity index (χ1) is 8.56. The molecule has 0 aromatic heterocycles. The van der Waals surface area contributed by atoms with Gasteiger partial charge in [0.15, 0.2) is 0 Å². The van der Waals surface area contributed by atoms with E-state index in [1.165, 1.54) is 16.4 Å². The number of nitriles is 1. The van der Waals surface area contributed by atoms with Crippen molar-refractivity contribution in [3.8, 4) is 6.07 Å². The highest BCUT2D eigenvalue weighted by atomic mass is 32.2. The van der Waals surface area contributed by atoms with Crippen LogP contribution in [0, 0.1) is 11.3 Å². The van der Waals surface area contributed by atoms with E-state index in [1.807, 2.05) is 19.9 Å². The van der Waals surface area contributed by atoms with Crippen LogP contribution in [0.5, 0.6) is 0 Å². The lowest BCUT2D eigenvalue weighted by Gasteiger charge is -2.20. The van der Waals surface area contributed by atoms with Crippen LogP contribution in [-0.4, -0.2) is 25.8 Å². The van der Waals surface area contributed by atoms with Crippen molar-refractivity contribution in [2.24, 2.45) is 0 Å². The maximum absolute atomic E-state index is 12.4. The van der Waals surface area contributed by atoms with Crippen LogP contribution in [0.3, 0.4) is 0 Å². The van der Waals surface area contributed by atoms with Crippen molar-refractivity contribution >= 4 is 10.0 Å². The van der Waals surface area contributed by atoms with E-state index in [0.29, 0.717) is 18.7 Å². The van der Waals surface area contributed by atoms with E-state index in [1.54, 1.807) is 12.1 Å². The van der Waals surface area contributed by atoms with E-state index in [2.05, 4.69) is 0 Å². The van der Waals surface area contributed by atoms with E-state index in [-0.39, 0.29) is 4.90 Å². The van der Waals surface area contributed by atoms with Crippen LogP contribution in [0.15, 0.2) is 29.2 Å². The lowest BCUT2D eigenvalue weighted by atomic mass is 10.2. The average Bonchev–Trinajstić information content (AvgIpc) is 2.39. The number of unbranched alkanes of at least 4 members (excludes halogenated alkanes) is 1. The van der Waals surface area contributed by atoms with Crippen molar-refractivity contribution in [3.63, 3.8) is 0 Å². The van der Waals surface area contributed by atoms with Gasteiger partial charge in [0, 0.05) is 13.1 Å². The normalized spacial score (nSPS) is 11.4. The number of sulfonamides is 1. The van der Waals surface area contributed by atoms with E-state index in [0.717, 1.165) is 12.8 Å². The zero-order valence-corrected chi connectivity index (χ0v) is 11.6. The topological polar surface area (TPSA) is 61.2 Å². The molecule has 0 aliphatic rings. The van der Waals surface area contributed by atoms with Crippen LogP contribution in [0.4, 0.5) is 0 Å². The van der Waals surface area contributed by atoms with Gasteiger partial charge in [0.05, 0.1) is 16.5 Å². The molecule has 1 aromatic rings. The summed E-state index contributed by atoms with van der Waals surface area (Å²) in [5, 5.41) is 8.81. The van der Waals surface area contributed by atoms with Crippen LogP contribution in [-0.2, 0) is 10.0 Å². The van der Waals surface area contributed by atoms with Gasteiger partial charge in [-0.1, -0.05) is 26.3 Å². The Kier molecular flexibility index (Phi) is 5.32. The molecule has 0 aliphatic heterocycles. The fourth-order valence-corrected chi connectivity index (χ4v) is 3.19. The van der Waals surface area contributed by atoms with Crippen molar-refractivity contribution in [1.82, 2.24) is 4.31 Å².